The maximum Gasteiger partial charge on any atom is 0.306 e. The third-order valence-electron chi connectivity index (χ3n) is 2.81. The predicted octanol–water partition coefficient (Wildman–Crippen LogP) is 0.592. The van der Waals surface area contributed by atoms with E-state index in [1.165, 1.54) is 38.5 Å². The van der Waals surface area contributed by atoms with Crippen molar-refractivity contribution in [2.45, 2.75) is 11.3 Å². The second-order valence-electron chi connectivity index (χ2n) is 4.22. The van der Waals surface area contributed by atoms with Crippen LogP contribution in [0.2, 0.25) is 0 Å². The number of hydrogen-bond donors (Lipinski definition) is 1. The number of carbonyl (C=O) groups excluding carboxylic acids is 1. The van der Waals surface area contributed by atoms with E-state index in [4.69, 9.17) is 4.74 Å². The molecule has 0 aromatic heterocycles. The van der Waals surface area contributed by atoms with E-state index >= 15 is 0 Å². The van der Waals surface area contributed by atoms with Crippen LogP contribution in [0, 0.1) is 0 Å². The van der Waals surface area contributed by atoms with Crippen molar-refractivity contribution in [3.05, 3.63) is 24.3 Å². The Bertz CT molecular complexity index is 555. The van der Waals surface area contributed by atoms with Gasteiger partial charge in [-0.2, -0.15) is 4.31 Å². The van der Waals surface area contributed by atoms with E-state index < -0.39 is 16.0 Å². The van der Waals surface area contributed by atoms with Gasteiger partial charge in [0.05, 0.1) is 25.0 Å². The van der Waals surface area contributed by atoms with Crippen LogP contribution in [0.5, 0.6) is 5.75 Å². The molecule has 0 saturated heterocycles. The normalized spacial score (nSPS) is 11.6. The maximum absolute atomic E-state index is 12.5. The molecule has 0 fully saturated rings. The fourth-order valence-corrected chi connectivity index (χ4v) is 3.06. The lowest BCUT2D eigenvalue weighted by molar-refractivity contribution is -0.140. The summed E-state index contributed by atoms with van der Waals surface area (Å²) in [4.78, 5) is 11.2. The zero-order valence-corrected chi connectivity index (χ0v) is 12.8. The van der Waals surface area contributed by atoms with Crippen LogP contribution in [0.25, 0.3) is 0 Å². The van der Waals surface area contributed by atoms with Gasteiger partial charge in [-0.15, -0.1) is 0 Å². The third-order valence-corrected chi connectivity index (χ3v) is 4.73. The number of hydrogen-bond acceptors (Lipinski definition) is 6. The van der Waals surface area contributed by atoms with Crippen molar-refractivity contribution < 1.29 is 27.8 Å². The molecular weight excluding hydrogens is 298 g/mol. The van der Waals surface area contributed by atoms with E-state index in [2.05, 4.69) is 4.74 Å². The second kappa shape index (κ2) is 7.96. The molecule has 0 atom stereocenters. The number of ether oxygens (including phenoxy) is 2. The van der Waals surface area contributed by atoms with Crippen LogP contribution in [0.4, 0.5) is 0 Å². The Balaban J connectivity index is 2.93. The molecule has 1 rings (SSSR count). The number of aromatic hydroxyl groups is 1. The average molecular weight is 317 g/mol. The van der Waals surface area contributed by atoms with E-state index in [0.29, 0.717) is 0 Å². The highest BCUT2D eigenvalue weighted by Gasteiger charge is 2.24. The molecule has 0 aliphatic rings. The van der Waals surface area contributed by atoms with E-state index in [-0.39, 0.29) is 36.8 Å². The first-order valence-corrected chi connectivity index (χ1v) is 7.70. The molecule has 0 aliphatic carbocycles. The number of esters is 1. The topological polar surface area (TPSA) is 93.1 Å². The smallest absolute Gasteiger partial charge is 0.306 e. The first-order valence-electron chi connectivity index (χ1n) is 6.26. The third kappa shape index (κ3) is 5.00. The fourth-order valence-electron chi connectivity index (χ4n) is 1.63. The highest BCUT2D eigenvalue weighted by Crippen LogP contribution is 2.19. The van der Waals surface area contributed by atoms with Crippen molar-refractivity contribution >= 4 is 16.0 Å². The summed E-state index contributed by atoms with van der Waals surface area (Å²) in [7, 11) is -1.05. The molecule has 0 radical (unpaired) electrons. The Morgan fingerprint density at radius 2 is 1.81 bits per heavy atom. The SMILES string of the molecule is COCCN(CCC(=O)OC)S(=O)(=O)c1ccc(O)cc1. The summed E-state index contributed by atoms with van der Waals surface area (Å²) in [6.07, 6.45) is -0.0441. The number of benzene rings is 1. The van der Waals surface area contributed by atoms with Crippen LogP contribution < -0.4 is 0 Å². The van der Waals surface area contributed by atoms with Gasteiger partial charge in [0.15, 0.2) is 0 Å². The van der Waals surface area contributed by atoms with Crippen molar-refractivity contribution in [3.8, 4) is 5.75 Å². The second-order valence-corrected chi connectivity index (χ2v) is 6.15. The molecule has 1 aromatic rings. The minimum atomic E-state index is -3.76. The molecule has 0 spiro atoms. The Kier molecular flexibility index (Phi) is 6.60. The van der Waals surface area contributed by atoms with Gasteiger partial charge in [-0.05, 0) is 24.3 Å². The van der Waals surface area contributed by atoms with Gasteiger partial charge in [-0.3, -0.25) is 4.79 Å². The van der Waals surface area contributed by atoms with E-state index in [1.54, 1.807) is 0 Å². The highest BCUT2D eigenvalue weighted by atomic mass is 32.2. The molecule has 7 nitrogen and oxygen atoms in total. The largest absolute Gasteiger partial charge is 0.508 e. The van der Waals surface area contributed by atoms with Crippen LogP contribution in [0.1, 0.15) is 6.42 Å². The van der Waals surface area contributed by atoms with Gasteiger partial charge in [-0.25, -0.2) is 8.42 Å². The Morgan fingerprint density at radius 1 is 1.19 bits per heavy atom. The van der Waals surface area contributed by atoms with Crippen LogP contribution in [-0.2, 0) is 24.3 Å². The summed E-state index contributed by atoms with van der Waals surface area (Å²) < 4.78 is 35.5. The molecule has 1 aromatic carbocycles. The number of methoxy groups -OCH3 is 2. The molecule has 0 amide bonds. The van der Waals surface area contributed by atoms with Crippen molar-refractivity contribution in [2.75, 3.05) is 33.9 Å². The zero-order chi connectivity index (χ0) is 15.9. The van der Waals surface area contributed by atoms with E-state index in [0.717, 1.165) is 4.31 Å². The number of rotatable bonds is 8. The van der Waals surface area contributed by atoms with Crippen molar-refractivity contribution in [2.24, 2.45) is 0 Å². The van der Waals surface area contributed by atoms with Gasteiger partial charge >= 0.3 is 5.97 Å². The summed E-state index contributed by atoms with van der Waals surface area (Å²) >= 11 is 0. The van der Waals surface area contributed by atoms with Crippen LogP contribution >= 0.6 is 0 Å². The molecule has 1 N–H and O–H groups in total. The maximum atomic E-state index is 12.5. The quantitative estimate of drug-likeness (QED) is 0.706. The van der Waals surface area contributed by atoms with E-state index in [1.807, 2.05) is 0 Å². The summed E-state index contributed by atoms with van der Waals surface area (Å²) in [5.41, 5.74) is 0. The number of nitrogens with zero attached hydrogens (tertiary/aromatic N) is 1. The molecule has 21 heavy (non-hydrogen) atoms. The fraction of sp³-hybridized carbons (Fsp3) is 0.462. The summed E-state index contributed by atoms with van der Waals surface area (Å²) in [6.45, 7) is 0.328. The molecule has 0 heterocycles. The Labute approximate surface area is 124 Å². The van der Waals surface area contributed by atoms with E-state index in [9.17, 15) is 18.3 Å². The minimum absolute atomic E-state index is 0.000751. The lowest BCUT2D eigenvalue weighted by Crippen LogP contribution is -2.35. The average Bonchev–Trinajstić information content (AvgIpc) is 2.47. The van der Waals surface area contributed by atoms with Crippen LogP contribution in [-0.4, -0.2) is 57.7 Å². The minimum Gasteiger partial charge on any atom is -0.508 e. The van der Waals surface area contributed by atoms with Gasteiger partial charge in [0.2, 0.25) is 10.0 Å². The van der Waals surface area contributed by atoms with Crippen molar-refractivity contribution in [1.29, 1.82) is 0 Å². The van der Waals surface area contributed by atoms with Gasteiger partial charge in [-0.1, -0.05) is 0 Å². The van der Waals surface area contributed by atoms with Crippen molar-refractivity contribution in [3.63, 3.8) is 0 Å². The Hall–Kier alpha value is -1.64. The molecule has 8 heteroatoms. The monoisotopic (exact) mass is 317 g/mol. The Morgan fingerprint density at radius 3 is 2.33 bits per heavy atom. The lowest BCUT2D eigenvalue weighted by atomic mass is 10.3. The number of phenols is 1. The molecular formula is C13H19NO6S. The number of phenolic OH excluding ortho intramolecular Hbond substituents is 1. The van der Waals surface area contributed by atoms with Gasteiger partial charge in [0, 0.05) is 20.2 Å². The lowest BCUT2D eigenvalue weighted by Gasteiger charge is -2.21. The van der Waals surface area contributed by atoms with Gasteiger partial charge in [0.25, 0.3) is 0 Å². The summed E-state index contributed by atoms with van der Waals surface area (Å²) in [6, 6.07) is 5.20. The molecule has 0 saturated carbocycles. The van der Waals surface area contributed by atoms with Crippen LogP contribution in [0.15, 0.2) is 29.2 Å². The molecule has 0 unspecified atom stereocenters. The first-order chi connectivity index (χ1) is 9.91. The van der Waals surface area contributed by atoms with Crippen molar-refractivity contribution in [1.82, 2.24) is 4.31 Å². The van der Waals surface area contributed by atoms with Gasteiger partial charge in [0.1, 0.15) is 5.75 Å². The standard InChI is InChI=1S/C13H19NO6S/c1-19-10-9-14(8-7-13(16)20-2)21(17,18)12-5-3-11(15)4-6-12/h3-6,15H,7-10H2,1-2H3. The van der Waals surface area contributed by atoms with Gasteiger partial charge < -0.3 is 14.6 Å². The molecule has 0 aliphatic heterocycles. The number of carbonyl (C=O) groups is 1. The first kappa shape index (κ1) is 17.4. The zero-order valence-electron chi connectivity index (χ0n) is 12.0. The molecule has 0 bridgehead atoms. The predicted molar refractivity (Wildman–Crippen MR) is 75.4 cm³/mol. The number of sulfonamides is 1. The summed E-state index contributed by atoms with van der Waals surface area (Å²) in [5.74, 6) is -0.509. The highest BCUT2D eigenvalue weighted by molar-refractivity contribution is 7.89. The van der Waals surface area contributed by atoms with Crippen LogP contribution in [0.3, 0.4) is 0 Å². The summed E-state index contributed by atoms with van der Waals surface area (Å²) in [5, 5.41) is 9.22. The molecule has 118 valence electrons.